The second-order valence-electron chi connectivity index (χ2n) is 12.0. The number of carbonyl (C=O) groups is 1. The molecule has 1 aliphatic rings. The topological polar surface area (TPSA) is 103 Å². The summed E-state index contributed by atoms with van der Waals surface area (Å²) in [6, 6.07) is 16.6. The minimum Gasteiger partial charge on any atom is -0.449 e. The first-order valence-electron chi connectivity index (χ1n) is 18.4. The van der Waals surface area contributed by atoms with Crippen LogP contribution in [0.1, 0.15) is 75.3 Å². The van der Waals surface area contributed by atoms with Crippen LogP contribution in [0, 0.1) is 0 Å². The average Bonchev–Trinajstić information content (AvgIpc) is 3.45. The van der Waals surface area contributed by atoms with Crippen molar-refractivity contribution in [3.63, 3.8) is 0 Å². The molecule has 0 saturated heterocycles. The van der Waals surface area contributed by atoms with E-state index in [0.717, 1.165) is 13.0 Å². The van der Waals surface area contributed by atoms with E-state index in [-0.39, 0.29) is 5.92 Å². The molecule has 0 spiro atoms. The number of ether oxygens (including phenoxy) is 8. The third kappa shape index (κ3) is 18.3. The zero-order valence-electron chi connectivity index (χ0n) is 29.8. The van der Waals surface area contributed by atoms with Crippen molar-refractivity contribution in [2.24, 2.45) is 0 Å². The van der Waals surface area contributed by atoms with E-state index in [1.54, 1.807) is 0 Å². The van der Waals surface area contributed by atoms with E-state index in [0.29, 0.717) is 99.0 Å². The summed E-state index contributed by atoms with van der Waals surface area (Å²) in [5, 5.41) is 2.75. The van der Waals surface area contributed by atoms with E-state index in [2.05, 4.69) is 36.5 Å². The van der Waals surface area contributed by atoms with Crippen molar-refractivity contribution in [3.05, 3.63) is 59.7 Å². The molecule has 0 fully saturated rings. The van der Waals surface area contributed by atoms with Crippen LogP contribution in [-0.4, -0.2) is 112 Å². The maximum absolute atomic E-state index is 12.2. The summed E-state index contributed by atoms with van der Waals surface area (Å²) >= 11 is 0. The van der Waals surface area contributed by atoms with E-state index < -0.39 is 6.09 Å². The van der Waals surface area contributed by atoms with Gasteiger partial charge in [0.15, 0.2) is 0 Å². The first kappa shape index (κ1) is 40.9. The molecular weight excluding hydrogens is 626 g/mol. The molecule has 1 aliphatic carbocycles. The van der Waals surface area contributed by atoms with Gasteiger partial charge in [0.2, 0.25) is 0 Å². The quantitative estimate of drug-likeness (QED) is 0.0834. The van der Waals surface area contributed by atoms with Crippen LogP contribution in [0.25, 0.3) is 11.1 Å². The molecule has 0 heterocycles. The van der Waals surface area contributed by atoms with Crippen molar-refractivity contribution >= 4 is 6.09 Å². The fourth-order valence-electron chi connectivity index (χ4n) is 5.63. The fourth-order valence-corrected chi connectivity index (χ4v) is 5.63. The Labute approximate surface area is 294 Å². The number of unbranched alkanes of at least 4 members (excludes halogenated alkanes) is 7. The molecule has 0 aromatic heterocycles. The summed E-state index contributed by atoms with van der Waals surface area (Å²) in [6.07, 6.45) is 10.1. The number of fused-ring (bicyclic) bond motifs is 3. The predicted molar refractivity (Wildman–Crippen MR) is 191 cm³/mol. The number of rotatable bonds is 32. The van der Waals surface area contributed by atoms with Crippen LogP contribution in [0.4, 0.5) is 4.79 Å². The lowest BCUT2D eigenvalue weighted by molar-refractivity contribution is -0.0204. The molecule has 2 aromatic rings. The maximum Gasteiger partial charge on any atom is 0.407 e. The lowest BCUT2D eigenvalue weighted by Crippen LogP contribution is -2.29. The zero-order chi connectivity index (χ0) is 34.5. The van der Waals surface area contributed by atoms with Crippen LogP contribution in [0.15, 0.2) is 48.5 Å². The number of alkyl carbamates (subject to hydrolysis) is 1. The summed E-state index contributed by atoms with van der Waals surface area (Å²) < 4.78 is 44.3. The van der Waals surface area contributed by atoms with Gasteiger partial charge in [-0.25, -0.2) is 4.79 Å². The van der Waals surface area contributed by atoms with E-state index in [1.165, 1.54) is 67.2 Å². The molecule has 0 aliphatic heterocycles. The monoisotopic (exact) mass is 687 g/mol. The van der Waals surface area contributed by atoms with Gasteiger partial charge in [-0.2, -0.15) is 0 Å². The van der Waals surface area contributed by atoms with Crippen LogP contribution < -0.4 is 5.32 Å². The van der Waals surface area contributed by atoms with Gasteiger partial charge in [-0.3, -0.25) is 0 Å². The summed E-state index contributed by atoms with van der Waals surface area (Å²) in [4.78, 5) is 12.2. The average molecular weight is 688 g/mol. The lowest BCUT2D eigenvalue weighted by Gasteiger charge is -2.14. The Hall–Kier alpha value is -2.57. The second kappa shape index (κ2) is 28.2. The van der Waals surface area contributed by atoms with Crippen LogP contribution in [0.3, 0.4) is 0 Å². The number of carbonyl (C=O) groups excluding carboxylic acids is 1. The number of benzene rings is 2. The van der Waals surface area contributed by atoms with Gasteiger partial charge in [0, 0.05) is 19.1 Å². The van der Waals surface area contributed by atoms with Gasteiger partial charge < -0.3 is 43.2 Å². The van der Waals surface area contributed by atoms with Crippen molar-refractivity contribution in [2.45, 2.75) is 64.2 Å². The zero-order valence-corrected chi connectivity index (χ0v) is 29.8. The van der Waals surface area contributed by atoms with Crippen LogP contribution in [0.5, 0.6) is 0 Å². The van der Waals surface area contributed by atoms with Gasteiger partial charge in [0.05, 0.1) is 85.9 Å². The Bertz CT molecular complexity index is 1060. The molecule has 276 valence electrons. The summed E-state index contributed by atoms with van der Waals surface area (Å²) in [5.41, 5.74) is 4.80. The smallest absolute Gasteiger partial charge is 0.407 e. The second-order valence-corrected chi connectivity index (χ2v) is 12.0. The van der Waals surface area contributed by atoms with Gasteiger partial charge in [-0.1, -0.05) is 100 Å². The van der Waals surface area contributed by atoms with Gasteiger partial charge in [0.1, 0.15) is 6.61 Å². The lowest BCUT2D eigenvalue weighted by atomic mass is 9.98. The van der Waals surface area contributed by atoms with Crippen molar-refractivity contribution in [2.75, 3.05) is 106 Å². The Kier molecular flexibility index (Phi) is 23.5. The number of hydrogen-bond donors (Lipinski definition) is 1. The van der Waals surface area contributed by atoms with Gasteiger partial charge >= 0.3 is 6.09 Å². The molecule has 0 radical (unpaired) electrons. The Balaban J connectivity index is 0.979. The molecule has 1 N–H and O–H groups in total. The molecule has 10 heteroatoms. The SMILES string of the molecule is CCCCCCCCCCOCCOCCOCCOCCOCCOCCOCCNC(=O)OCC1c2ccccc2-c2ccccc21. The molecule has 1 amide bonds. The normalized spacial score (nSPS) is 12.3. The first-order chi connectivity index (χ1) is 24.3. The molecule has 0 bridgehead atoms. The number of hydrogen-bond acceptors (Lipinski definition) is 9. The van der Waals surface area contributed by atoms with Crippen LogP contribution >= 0.6 is 0 Å². The molecule has 0 saturated carbocycles. The van der Waals surface area contributed by atoms with Crippen molar-refractivity contribution in [1.82, 2.24) is 5.32 Å². The highest BCUT2D eigenvalue weighted by Crippen LogP contribution is 2.44. The van der Waals surface area contributed by atoms with Crippen molar-refractivity contribution in [1.29, 1.82) is 0 Å². The molecule has 0 unspecified atom stereocenters. The fraction of sp³-hybridized carbons (Fsp3) is 0.667. The number of nitrogens with one attached hydrogen (secondary N) is 1. The van der Waals surface area contributed by atoms with Gasteiger partial charge in [0.25, 0.3) is 0 Å². The molecule has 3 rings (SSSR count). The van der Waals surface area contributed by atoms with Crippen molar-refractivity contribution in [3.8, 4) is 11.1 Å². The van der Waals surface area contributed by atoms with E-state index in [9.17, 15) is 4.79 Å². The summed E-state index contributed by atoms with van der Waals surface area (Å²) in [5.74, 6) is 0.0452. The predicted octanol–water partition coefficient (Wildman–Crippen LogP) is 6.78. The first-order valence-corrected chi connectivity index (χ1v) is 18.4. The highest BCUT2D eigenvalue weighted by molar-refractivity contribution is 5.79. The number of amides is 1. The van der Waals surface area contributed by atoms with Crippen LogP contribution in [-0.2, 0) is 37.9 Å². The minimum atomic E-state index is -0.443. The highest BCUT2D eigenvalue weighted by atomic mass is 16.6. The Morgan fingerprint density at radius 2 is 0.898 bits per heavy atom. The molecule has 0 atom stereocenters. The van der Waals surface area contributed by atoms with Gasteiger partial charge in [-0.15, -0.1) is 0 Å². The van der Waals surface area contributed by atoms with Crippen LogP contribution in [0.2, 0.25) is 0 Å². The highest BCUT2D eigenvalue weighted by Gasteiger charge is 2.28. The third-order valence-electron chi connectivity index (χ3n) is 8.23. The minimum absolute atomic E-state index is 0.0452. The largest absolute Gasteiger partial charge is 0.449 e. The van der Waals surface area contributed by atoms with Gasteiger partial charge in [-0.05, 0) is 28.7 Å². The molecule has 2 aromatic carbocycles. The Morgan fingerprint density at radius 1 is 0.510 bits per heavy atom. The standard InChI is InChI=1S/C39H61NO9/c1-2-3-4-5-6-7-8-13-19-42-21-23-44-25-27-46-29-31-48-32-30-47-28-26-45-24-22-43-20-18-40-39(41)49-33-38-36-16-11-9-14-34(36)35-15-10-12-17-37(35)38/h9-12,14-17,38H,2-8,13,18-33H2,1H3,(H,40,41). The van der Waals surface area contributed by atoms with E-state index in [4.69, 9.17) is 37.9 Å². The third-order valence-corrected chi connectivity index (χ3v) is 8.23. The maximum atomic E-state index is 12.2. The molecule has 49 heavy (non-hydrogen) atoms. The Morgan fingerprint density at radius 3 is 1.37 bits per heavy atom. The van der Waals surface area contributed by atoms with Crippen molar-refractivity contribution < 1.29 is 42.7 Å². The van der Waals surface area contributed by atoms with E-state index in [1.807, 2.05) is 24.3 Å². The summed E-state index contributed by atoms with van der Waals surface area (Å²) in [6.45, 7) is 10.4. The molecule has 10 nitrogen and oxygen atoms in total. The summed E-state index contributed by atoms with van der Waals surface area (Å²) in [7, 11) is 0. The van der Waals surface area contributed by atoms with E-state index >= 15 is 0 Å². The molecular formula is C39H61NO9.